The van der Waals surface area contributed by atoms with Crippen LogP contribution in [0.5, 0.6) is 0 Å². The van der Waals surface area contributed by atoms with Crippen LogP contribution in [0.1, 0.15) is 20.3 Å². The highest BCUT2D eigenvalue weighted by molar-refractivity contribution is 7.98. The number of aliphatic hydroxyl groups excluding tert-OH is 1. The maximum Gasteiger partial charge on any atom is 0.325 e. The zero-order valence-electron chi connectivity index (χ0n) is 22.9. The van der Waals surface area contributed by atoms with Gasteiger partial charge in [0.05, 0.1) is 32.8 Å². The Balaban J connectivity index is 4.73. The summed E-state index contributed by atoms with van der Waals surface area (Å²) in [6.07, 6.45) is 1.98. The highest BCUT2D eigenvalue weighted by Crippen LogP contribution is 2.02. The van der Waals surface area contributed by atoms with Crippen LogP contribution in [-0.4, -0.2) is 126 Å². The third kappa shape index (κ3) is 16.0. The lowest BCUT2D eigenvalue weighted by molar-refractivity contribution is -0.141. The number of hydrogen-bond donors (Lipinski definition) is 10. The van der Waals surface area contributed by atoms with Gasteiger partial charge in [-0.2, -0.15) is 11.8 Å². The Morgan fingerprint density at radius 2 is 1.24 bits per heavy atom. The number of amides is 7. The van der Waals surface area contributed by atoms with Crippen molar-refractivity contribution in [2.75, 3.05) is 44.8 Å². The lowest BCUT2D eigenvalue weighted by Gasteiger charge is -2.22. The first-order valence-corrected chi connectivity index (χ1v) is 13.7. The number of rotatable bonds is 19. The normalized spacial score (nSPS) is 13.3. The topological polar surface area (TPSA) is 287 Å². The molecule has 0 aromatic carbocycles. The van der Waals surface area contributed by atoms with E-state index in [2.05, 4.69) is 37.2 Å². The third-order valence-electron chi connectivity index (χ3n) is 5.08. The lowest BCUT2D eigenvalue weighted by Crippen LogP contribution is -2.56. The second-order valence-electron chi connectivity index (χ2n) is 8.48. The molecule has 41 heavy (non-hydrogen) atoms. The van der Waals surface area contributed by atoms with E-state index < -0.39 is 97.7 Å². The van der Waals surface area contributed by atoms with E-state index in [4.69, 9.17) is 10.8 Å². The molecule has 0 saturated carbocycles. The molecule has 0 aliphatic rings. The molecule has 0 rings (SSSR count). The van der Waals surface area contributed by atoms with Crippen molar-refractivity contribution in [2.45, 2.75) is 44.4 Å². The molecule has 232 valence electrons. The number of carbonyl (C=O) groups is 8. The van der Waals surface area contributed by atoms with Crippen molar-refractivity contribution in [1.29, 1.82) is 0 Å². The summed E-state index contributed by atoms with van der Waals surface area (Å²) in [6, 6.07) is -4.85. The summed E-state index contributed by atoms with van der Waals surface area (Å²) in [7, 11) is 0. The molecule has 0 aliphatic heterocycles. The average molecular weight is 607 g/mol. The summed E-state index contributed by atoms with van der Waals surface area (Å²) in [5.74, 6) is -6.08. The molecule has 0 aromatic rings. The van der Waals surface area contributed by atoms with Crippen LogP contribution in [0.4, 0.5) is 0 Å². The number of aliphatic hydroxyl groups is 1. The van der Waals surface area contributed by atoms with Crippen LogP contribution < -0.4 is 43.0 Å². The van der Waals surface area contributed by atoms with Crippen LogP contribution >= 0.6 is 11.8 Å². The van der Waals surface area contributed by atoms with Gasteiger partial charge in [-0.1, -0.05) is 0 Å². The Morgan fingerprint density at radius 1 is 0.683 bits per heavy atom. The van der Waals surface area contributed by atoms with E-state index in [1.165, 1.54) is 25.6 Å². The first-order chi connectivity index (χ1) is 19.2. The Hall–Kier alpha value is -3.97. The molecule has 0 fully saturated rings. The van der Waals surface area contributed by atoms with Gasteiger partial charge in [0.25, 0.3) is 0 Å². The van der Waals surface area contributed by atoms with Crippen molar-refractivity contribution in [2.24, 2.45) is 5.73 Å². The quantitative estimate of drug-likeness (QED) is 0.0658. The van der Waals surface area contributed by atoms with Crippen molar-refractivity contribution in [3.05, 3.63) is 0 Å². The number of carbonyl (C=O) groups excluding carboxylic acids is 7. The zero-order valence-corrected chi connectivity index (χ0v) is 23.7. The Kier molecular flexibility index (Phi) is 18.1. The largest absolute Gasteiger partial charge is 0.480 e. The summed E-state index contributed by atoms with van der Waals surface area (Å²) in [4.78, 5) is 95.0. The van der Waals surface area contributed by atoms with E-state index in [0.717, 1.165) is 0 Å². The molecular formula is C22H38N8O10S. The number of thioether (sulfide) groups is 1. The minimum absolute atomic E-state index is 0.199. The number of aliphatic carboxylic acids is 1. The molecule has 0 spiro atoms. The fourth-order valence-electron chi connectivity index (χ4n) is 2.76. The number of hydrogen-bond acceptors (Lipinski definition) is 11. The van der Waals surface area contributed by atoms with Crippen LogP contribution in [0.3, 0.4) is 0 Å². The van der Waals surface area contributed by atoms with E-state index >= 15 is 0 Å². The van der Waals surface area contributed by atoms with Gasteiger partial charge in [0.2, 0.25) is 41.4 Å². The van der Waals surface area contributed by atoms with Gasteiger partial charge in [-0.05, 0) is 32.3 Å². The molecular weight excluding hydrogens is 568 g/mol. The summed E-state index contributed by atoms with van der Waals surface area (Å²) < 4.78 is 0. The predicted octanol–water partition coefficient (Wildman–Crippen LogP) is -5.90. The molecule has 0 saturated heterocycles. The van der Waals surface area contributed by atoms with Crippen molar-refractivity contribution in [1.82, 2.24) is 37.2 Å². The maximum atomic E-state index is 12.5. The molecule has 11 N–H and O–H groups in total. The van der Waals surface area contributed by atoms with Gasteiger partial charge in [-0.3, -0.25) is 38.4 Å². The average Bonchev–Trinajstić information content (AvgIpc) is 2.93. The van der Waals surface area contributed by atoms with Crippen molar-refractivity contribution in [3.8, 4) is 0 Å². The molecule has 7 amide bonds. The van der Waals surface area contributed by atoms with Gasteiger partial charge >= 0.3 is 5.97 Å². The molecule has 4 atom stereocenters. The molecule has 0 aromatic heterocycles. The molecule has 19 heteroatoms. The first kappa shape index (κ1) is 37.0. The fraction of sp³-hybridized carbons (Fsp3) is 0.636. The molecule has 0 bridgehead atoms. The summed E-state index contributed by atoms with van der Waals surface area (Å²) >= 11 is 1.41. The second-order valence-corrected chi connectivity index (χ2v) is 9.46. The molecule has 0 radical (unpaired) electrons. The van der Waals surface area contributed by atoms with Crippen molar-refractivity contribution < 1.29 is 48.6 Å². The number of carboxylic acid groups (broad SMARTS) is 1. The Bertz CT molecular complexity index is 967. The molecule has 0 unspecified atom stereocenters. The highest BCUT2D eigenvalue weighted by atomic mass is 32.2. The minimum atomic E-state index is -1.46. The summed E-state index contributed by atoms with van der Waals surface area (Å²) in [6.45, 7) is -0.189. The van der Waals surface area contributed by atoms with Crippen LogP contribution in [0, 0.1) is 0 Å². The first-order valence-electron chi connectivity index (χ1n) is 12.3. The molecule has 18 nitrogen and oxygen atoms in total. The van der Waals surface area contributed by atoms with Gasteiger partial charge in [-0.25, -0.2) is 0 Å². The van der Waals surface area contributed by atoms with Gasteiger partial charge in [0.1, 0.15) is 24.2 Å². The number of carboxylic acids is 1. The van der Waals surface area contributed by atoms with Crippen LogP contribution in [0.2, 0.25) is 0 Å². The monoisotopic (exact) mass is 606 g/mol. The predicted molar refractivity (Wildman–Crippen MR) is 145 cm³/mol. The van der Waals surface area contributed by atoms with E-state index in [1.54, 1.807) is 6.26 Å². The fourth-order valence-corrected chi connectivity index (χ4v) is 3.23. The highest BCUT2D eigenvalue weighted by Gasteiger charge is 2.27. The number of nitrogens with one attached hydrogen (secondary N) is 7. The Morgan fingerprint density at radius 3 is 1.80 bits per heavy atom. The van der Waals surface area contributed by atoms with Crippen LogP contribution in [0.25, 0.3) is 0 Å². The van der Waals surface area contributed by atoms with E-state index in [1.807, 2.05) is 0 Å². The Labute approximate surface area is 240 Å². The maximum absolute atomic E-state index is 12.5. The van der Waals surface area contributed by atoms with Gasteiger partial charge < -0.3 is 53.2 Å². The van der Waals surface area contributed by atoms with Crippen LogP contribution in [0.15, 0.2) is 0 Å². The van der Waals surface area contributed by atoms with Gasteiger partial charge in [0, 0.05) is 0 Å². The summed E-state index contributed by atoms with van der Waals surface area (Å²) in [5.41, 5.74) is 5.08. The third-order valence-corrected chi connectivity index (χ3v) is 5.72. The SMILES string of the molecule is CSCC[C@H](NC(=O)[C@H](C)NC(=O)CNC(=O)[C@H](CO)NC(=O)CNC(=O)CNC(=O)CN)C(=O)N[C@@H](C)C(=O)O. The van der Waals surface area contributed by atoms with E-state index in [9.17, 15) is 43.5 Å². The molecule has 0 aliphatic carbocycles. The van der Waals surface area contributed by atoms with E-state index in [0.29, 0.717) is 5.75 Å². The van der Waals surface area contributed by atoms with Gasteiger partial charge in [0.15, 0.2) is 0 Å². The number of nitrogens with two attached hydrogens (primary N) is 1. The molecule has 0 heterocycles. The van der Waals surface area contributed by atoms with Crippen LogP contribution in [-0.2, 0) is 38.4 Å². The van der Waals surface area contributed by atoms with Crippen molar-refractivity contribution in [3.63, 3.8) is 0 Å². The second kappa shape index (κ2) is 20.0. The van der Waals surface area contributed by atoms with Gasteiger partial charge in [-0.15, -0.1) is 0 Å². The van der Waals surface area contributed by atoms with Crippen molar-refractivity contribution >= 4 is 59.1 Å². The minimum Gasteiger partial charge on any atom is -0.480 e. The standard InChI is InChI=1S/C22H38N8O10S/c1-11(19(36)30-13(4-5-41-3)21(38)28-12(2)22(39)40)27-17(34)9-26-20(37)14(10-31)29-18(35)8-25-16(33)7-24-15(32)6-23/h11-14,31H,4-10,23H2,1-3H3,(H,24,32)(H,25,33)(H,26,37)(H,27,34)(H,28,38)(H,29,35)(H,30,36)(H,39,40)/t11-,12-,13-,14-/m0/s1. The van der Waals surface area contributed by atoms with E-state index in [-0.39, 0.29) is 13.0 Å². The smallest absolute Gasteiger partial charge is 0.325 e. The zero-order chi connectivity index (χ0) is 31.5. The lowest BCUT2D eigenvalue weighted by atomic mass is 10.1. The summed E-state index contributed by atoms with van der Waals surface area (Å²) in [5, 5.41) is 34.1.